The molecule has 0 spiro atoms. The minimum atomic E-state index is -0.422. The molecule has 1 atom stereocenters. The molecule has 3 rings (SSSR count). The van der Waals surface area contributed by atoms with Crippen molar-refractivity contribution in [2.24, 2.45) is 7.05 Å². The molecule has 1 aliphatic rings. The molecule has 0 fully saturated rings. The first-order valence-corrected chi connectivity index (χ1v) is 6.37. The number of hydrogen-bond donors (Lipinski definition) is 2. The van der Waals surface area contributed by atoms with Gasteiger partial charge < -0.3 is 11.1 Å². The summed E-state index contributed by atoms with van der Waals surface area (Å²) in [5.41, 5.74) is 8.84. The van der Waals surface area contributed by atoms with Crippen LogP contribution in [0.3, 0.4) is 0 Å². The van der Waals surface area contributed by atoms with Gasteiger partial charge in [0.25, 0.3) is 0 Å². The molecular formula is C13H15N5O2. The molecular weight excluding hydrogens is 258 g/mol. The number of nitro groups is 1. The molecule has 0 saturated heterocycles. The second-order valence-electron chi connectivity index (χ2n) is 4.99. The normalized spacial score (nSPS) is 16.9. The maximum atomic E-state index is 11.0. The number of benzene rings is 1. The molecule has 0 radical (unpaired) electrons. The summed E-state index contributed by atoms with van der Waals surface area (Å²) >= 11 is 0. The third-order valence-corrected chi connectivity index (χ3v) is 3.56. The first kappa shape index (κ1) is 12.5. The van der Waals surface area contributed by atoms with E-state index in [1.165, 1.54) is 16.4 Å². The van der Waals surface area contributed by atoms with Crippen LogP contribution in [0.2, 0.25) is 0 Å². The summed E-state index contributed by atoms with van der Waals surface area (Å²) in [6.45, 7) is 0. The average molecular weight is 273 g/mol. The summed E-state index contributed by atoms with van der Waals surface area (Å²) in [5, 5.41) is 18.3. The highest BCUT2D eigenvalue weighted by molar-refractivity contribution is 5.57. The number of anilines is 2. The SMILES string of the molecule is Cn1cc([N+](=O)[O-])c(NC2CCc3cc(N)ccc32)n1. The minimum absolute atomic E-state index is 0.00334. The highest BCUT2D eigenvalue weighted by Gasteiger charge is 2.26. The van der Waals surface area contributed by atoms with Gasteiger partial charge in [-0.15, -0.1) is 5.10 Å². The van der Waals surface area contributed by atoms with Gasteiger partial charge in [-0.05, 0) is 36.1 Å². The van der Waals surface area contributed by atoms with Crippen LogP contribution in [0, 0.1) is 10.1 Å². The molecule has 1 aromatic carbocycles. The number of rotatable bonds is 3. The Hall–Kier alpha value is -2.57. The first-order valence-electron chi connectivity index (χ1n) is 6.37. The number of fused-ring (bicyclic) bond motifs is 1. The van der Waals surface area contributed by atoms with Crippen LogP contribution in [0.4, 0.5) is 17.2 Å². The van der Waals surface area contributed by atoms with E-state index < -0.39 is 4.92 Å². The number of aromatic nitrogens is 2. The van der Waals surface area contributed by atoms with E-state index in [0.29, 0.717) is 5.82 Å². The summed E-state index contributed by atoms with van der Waals surface area (Å²) in [5.74, 6) is 0.312. The molecule has 104 valence electrons. The van der Waals surface area contributed by atoms with Gasteiger partial charge in [-0.3, -0.25) is 14.8 Å². The highest BCUT2D eigenvalue weighted by Crippen LogP contribution is 2.36. The molecule has 7 heteroatoms. The predicted molar refractivity (Wildman–Crippen MR) is 75.4 cm³/mol. The van der Waals surface area contributed by atoms with E-state index >= 15 is 0 Å². The van der Waals surface area contributed by atoms with E-state index in [4.69, 9.17) is 5.73 Å². The Kier molecular flexibility index (Phi) is 2.81. The predicted octanol–water partition coefficient (Wildman–Crippen LogP) is 2.01. The van der Waals surface area contributed by atoms with Crippen molar-refractivity contribution >= 4 is 17.2 Å². The number of hydrogen-bond acceptors (Lipinski definition) is 5. The van der Waals surface area contributed by atoms with Gasteiger partial charge in [0.1, 0.15) is 6.20 Å². The fourth-order valence-corrected chi connectivity index (χ4v) is 2.66. The van der Waals surface area contributed by atoms with Crippen molar-refractivity contribution in [2.75, 3.05) is 11.1 Å². The molecule has 20 heavy (non-hydrogen) atoms. The van der Waals surface area contributed by atoms with Crippen LogP contribution in [0.5, 0.6) is 0 Å². The summed E-state index contributed by atoms with van der Waals surface area (Å²) < 4.78 is 1.44. The maximum Gasteiger partial charge on any atom is 0.330 e. The fraction of sp³-hybridized carbons (Fsp3) is 0.308. The molecule has 1 heterocycles. The number of nitrogens with two attached hydrogens (primary N) is 1. The van der Waals surface area contributed by atoms with Crippen molar-refractivity contribution in [3.05, 3.63) is 45.6 Å². The lowest BCUT2D eigenvalue weighted by Crippen LogP contribution is -2.09. The van der Waals surface area contributed by atoms with Crippen LogP contribution in [-0.2, 0) is 13.5 Å². The van der Waals surface area contributed by atoms with E-state index in [1.807, 2.05) is 18.2 Å². The smallest absolute Gasteiger partial charge is 0.330 e. The summed E-state index contributed by atoms with van der Waals surface area (Å²) in [7, 11) is 1.67. The van der Waals surface area contributed by atoms with E-state index in [0.717, 1.165) is 24.1 Å². The van der Waals surface area contributed by atoms with Gasteiger partial charge in [-0.1, -0.05) is 6.07 Å². The highest BCUT2D eigenvalue weighted by atomic mass is 16.6. The quantitative estimate of drug-likeness (QED) is 0.506. The lowest BCUT2D eigenvalue weighted by Gasteiger charge is -2.13. The second-order valence-corrected chi connectivity index (χ2v) is 4.99. The summed E-state index contributed by atoms with van der Waals surface area (Å²) in [6.07, 6.45) is 3.20. The molecule has 1 unspecified atom stereocenters. The minimum Gasteiger partial charge on any atom is -0.399 e. The molecule has 0 amide bonds. The van der Waals surface area contributed by atoms with E-state index in [9.17, 15) is 10.1 Å². The zero-order chi connectivity index (χ0) is 14.3. The van der Waals surface area contributed by atoms with Gasteiger partial charge in [-0.25, -0.2) is 0 Å². The third-order valence-electron chi connectivity index (χ3n) is 3.56. The summed E-state index contributed by atoms with van der Waals surface area (Å²) in [4.78, 5) is 10.6. The zero-order valence-corrected chi connectivity index (χ0v) is 11.0. The van der Waals surface area contributed by atoms with E-state index in [2.05, 4.69) is 10.4 Å². The molecule has 1 aromatic heterocycles. The van der Waals surface area contributed by atoms with Crippen molar-refractivity contribution in [3.8, 4) is 0 Å². The molecule has 1 aliphatic carbocycles. The largest absolute Gasteiger partial charge is 0.399 e. The van der Waals surface area contributed by atoms with Crippen LogP contribution in [0.15, 0.2) is 24.4 Å². The number of aryl methyl sites for hydroxylation is 2. The Balaban J connectivity index is 1.89. The van der Waals surface area contributed by atoms with Crippen LogP contribution < -0.4 is 11.1 Å². The second kappa shape index (κ2) is 4.52. The standard InChI is InChI=1S/C13H15N5O2/c1-17-7-12(18(19)20)13(16-17)15-11-5-2-8-6-9(14)3-4-10(8)11/h3-4,6-7,11H,2,5,14H2,1H3,(H,15,16). The van der Waals surface area contributed by atoms with Gasteiger partial charge in [0.05, 0.1) is 11.0 Å². The number of nitrogens with one attached hydrogen (secondary N) is 1. The fourth-order valence-electron chi connectivity index (χ4n) is 2.66. The average Bonchev–Trinajstić information content (AvgIpc) is 2.94. The van der Waals surface area contributed by atoms with Crippen molar-refractivity contribution in [2.45, 2.75) is 18.9 Å². The van der Waals surface area contributed by atoms with Gasteiger partial charge in [0.15, 0.2) is 0 Å². The van der Waals surface area contributed by atoms with Crippen LogP contribution >= 0.6 is 0 Å². The summed E-state index contributed by atoms with van der Waals surface area (Å²) in [6, 6.07) is 5.83. The maximum absolute atomic E-state index is 11.0. The van der Waals surface area contributed by atoms with Crippen LogP contribution in [0.25, 0.3) is 0 Å². The van der Waals surface area contributed by atoms with Gasteiger partial charge in [0, 0.05) is 12.7 Å². The van der Waals surface area contributed by atoms with Crippen molar-refractivity contribution in [3.63, 3.8) is 0 Å². The van der Waals surface area contributed by atoms with Gasteiger partial charge in [-0.2, -0.15) is 0 Å². The molecule has 0 saturated carbocycles. The van der Waals surface area contributed by atoms with Crippen LogP contribution in [-0.4, -0.2) is 14.7 Å². The van der Waals surface area contributed by atoms with Crippen molar-refractivity contribution < 1.29 is 4.92 Å². The number of nitrogens with zero attached hydrogens (tertiary/aromatic N) is 3. The van der Waals surface area contributed by atoms with Gasteiger partial charge in [0.2, 0.25) is 5.82 Å². The topological polar surface area (TPSA) is 99.0 Å². The molecule has 7 nitrogen and oxygen atoms in total. The lowest BCUT2D eigenvalue weighted by atomic mass is 10.1. The monoisotopic (exact) mass is 273 g/mol. The third kappa shape index (κ3) is 2.07. The Labute approximate surface area is 115 Å². The lowest BCUT2D eigenvalue weighted by molar-refractivity contribution is -0.384. The first-order chi connectivity index (χ1) is 9.54. The Morgan fingerprint density at radius 2 is 2.35 bits per heavy atom. The zero-order valence-electron chi connectivity index (χ0n) is 11.0. The van der Waals surface area contributed by atoms with Crippen molar-refractivity contribution in [1.82, 2.24) is 9.78 Å². The van der Waals surface area contributed by atoms with Gasteiger partial charge >= 0.3 is 5.69 Å². The Morgan fingerprint density at radius 1 is 1.55 bits per heavy atom. The van der Waals surface area contributed by atoms with Crippen molar-refractivity contribution in [1.29, 1.82) is 0 Å². The molecule has 0 aliphatic heterocycles. The Bertz CT molecular complexity index is 679. The molecule has 0 bridgehead atoms. The van der Waals surface area contributed by atoms with E-state index in [1.54, 1.807) is 7.05 Å². The van der Waals surface area contributed by atoms with E-state index in [-0.39, 0.29) is 11.7 Å². The molecule has 2 aromatic rings. The number of nitrogen functional groups attached to an aromatic ring is 1. The van der Waals surface area contributed by atoms with Crippen LogP contribution in [0.1, 0.15) is 23.6 Å². The molecule has 3 N–H and O–H groups in total. The Morgan fingerprint density at radius 3 is 3.10 bits per heavy atom.